The molecule has 0 aliphatic heterocycles. The second kappa shape index (κ2) is 2.93. The minimum atomic E-state index is -0.838. The van der Waals surface area contributed by atoms with Gasteiger partial charge in [0.05, 0.1) is 0 Å². The summed E-state index contributed by atoms with van der Waals surface area (Å²) in [6, 6.07) is 7.58. The Morgan fingerprint density at radius 3 is 3.00 bits per heavy atom. The number of aromatic amines is 1. The van der Waals surface area contributed by atoms with E-state index < -0.39 is 5.87 Å². The van der Waals surface area contributed by atoms with Crippen LogP contribution < -0.4 is 4.48 Å². The molecule has 2 aromatic rings. The van der Waals surface area contributed by atoms with Crippen LogP contribution in [-0.2, 0) is 0 Å². The normalized spacial score (nSPS) is 10.2. The average Bonchev–Trinajstić information content (AvgIpc) is 2.48. The molecule has 0 bridgehead atoms. The van der Waals surface area contributed by atoms with Gasteiger partial charge in [-0.1, -0.05) is 12.1 Å². The van der Waals surface area contributed by atoms with E-state index in [1.54, 1.807) is 10.8 Å². The zero-order valence-electron chi connectivity index (χ0n) is 6.90. The SMILES string of the molecule is O=C(O)B[n+]1c[nH]c2ccccc21. The van der Waals surface area contributed by atoms with Crippen molar-refractivity contribution in [1.82, 2.24) is 4.98 Å². The zero-order valence-corrected chi connectivity index (χ0v) is 6.90. The molecule has 2 rings (SSSR count). The van der Waals surface area contributed by atoms with Crippen LogP contribution in [-0.4, -0.2) is 23.4 Å². The second-order valence-corrected chi connectivity index (χ2v) is 2.81. The Balaban J connectivity index is 2.51. The second-order valence-electron chi connectivity index (χ2n) is 2.81. The van der Waals surface area contributed by atoms with Crippen LogP contribution in [0.2, 0.25) is 0 Å². The minimum Gasteiger partial charge on any atom is -0.485 e. The lowest BCUT2D eigenvalue weighted by Gasteiger charge is -1.89. The maximum Gasteiger partial charge on any atom is 0.486 e. The van der Waals surface area contributed by atoms with Gasteiger partial charge in [-0.3, -0.25) is 9.27 Å². The van der Waals surface area contributed by atoms with Gasteiger partial charge in [0.2, 0.25) is 6.33 Å². The summed E-state index contributed by atoms with van der Waals surface area (Å²) in [5, 5.41) is 8.61. The predicted octanol–water partition coefficient (Wildman–Crippen LogP) is 0.333. The average molecular weight is 175 g/mol. The lowest BCUT2D eigenvalue weighted by atomic mass is 9.95. The van der Waals surface area contributed by atoms with Gasteiger partial charge in [0, 0.05) is 0 Å². The van der Waals surface area contributed by atoms with E-state index in [2.05, 4.69) is 4.98 Å². The maximum atomic E-state index is 10.5. The molecular weight excluding hydrogens is 167 g/mol. The molecule has 0 saturated carbocycles. The summed E-state index contributed by atoms with van der Waals surface area (Å²) in [6.45, 7) is 0. The van der Waals surface area contributed by atoms with Crippen molar-refractivity contribution >= 4 is 24.3 Å². The molecule has 13 heavy (non-hydrogen) atoms. The van der Waals surface area contributed by atoms with Gasteiger partial charge >= 0.3 is 13.3 Å². The first-order valence-electron chi connectivity index (χ1n) is 3.95. The molecule has 1 aromatic carbocycles. The molecule has 1 heterocycles. The highest BCUT2D eigenvalue weighted by molar-refractivity contribution is 6.64. The van der Waals surface area contributed by atoms with Gasteiger partial charge in [0.1, 0.15) is 0 Å². The monoisotopic (exact) mass is 175 g/mol. The number of carboxylic acid groups (broad SMARTS) is 1. The van der Waals surface area contributed by atoms with Crippen LogP contribution in [0.3, 0.4) is 0 Å². The first-order valence-corrected chi connectivity index (χ1v) is 3.95. The van der Waals surface area contributed by atoms with E-state index in [-0.39, 0.29) is 7.41 Å². The van der Waals surface area contributed by atoms with E-state index in [1.165, 1.54) is 0 Å². The Hall–Kier alpha value is -1.78. The lowest BCUT2D eigenvalue weighted by Crippen LogP contribution is -2.43. The Kier molecular flexibility index (Phi) is 1.77. The van der Waals surface area contributed by atoms with E-state index in [4.69, 9.17) is 5.11 Å². The van der Waals surface area contributed by atoms with Gasteiger partial charge in [-0.15, -0.1) is 0 Å². The van der Waals surface area contributed by atoms with Crippen molar-refractivity contribution < 1.29 is 14.4 Å². The quantitative estimate of drug-likeness (QED) is 0.646. The van der Waals surface area contributed by atoms with Crippen LogP contribution in [0.4, 0.5) is 4.79 Å². The summed E-state index contributed by atoms with van der Waals surface area (Å²) >= 11 is 0. The molecule has 0 spiro atoms. The fourth-order valence-corrected chi connectivity index (χ4v) is 1.34. The van der Waals surface area contributed by atoms with Crippen LogP contribution in [0.25, 0.3) is 11.0 Å². The third-order valence-corrected chi connectivity index (χ3v) is 1.89. The molecule has 0 amide bonds. The largest absolute Gasteiger partial charge is 0.486 e. The van der Waals surface area contributed by atoms with Gasteiger partial charge in [-0.25, -0.2) is 4.98 Å². The Morgan fingerprint density at radius 1 is 1.46 bits per heavy atom. The molecule has 0 atom stereocenters. The summed E-state index contributed by atoms with van der Waals surface area (Å²) < 4.78 is 1.66. The number of para-hydroxylation sites is 2. The zero-order chi connectivity index (χ0) is 9.26. The van der Waals surface area contributed by atoms with Crippen LogP contribution >= 0.6 is 0 Å². The number of rotatable bonds is 2. The smallest absolute Gasteiger partial charge is 0.485 e. The van der Waals surface area contributed by atoms with Crippen molar-refractivity contribution in [2.45, 2.75) is 0 Å². The fourth-order valence-electron chi connectivity index (χ4n) is 1.34. The topological polar surface area (TPSA) is 57.0 Å². The maximum absolute atomic E-state index is 10.5. The van der Waals surface area contributed by atoms with Gasteiger partial charge in [-0.05, 0) is 12.1 Å². The molecule has 4 nitrogen and oxygen atoms in total. The Labute approximate surface area is 75.1 Å². The highest BCUT2D eigenvalue weighted by Crippen LogP contribution is 2.04. The van der Waals surface area contributed by atoms with Crippen molar-refractivity contribution in [3.05, 3.63) is 30.6 Å². The predicted molar refractivity (Wildman–Crippen MR) is 49.1 cm³/mol. The summed E-state index contributed by atoms with van der Waals surface area (Å²) in [4.78, 5) is 13.5. The number of imidazole rings is 1. The van der Waals surface area contributed by atoms with E-state index >= 15 is 0 Å². The van der Waals surface area contributed by atoms with Crippen LogP contribution in [0.15, 0.2) is 30.6 Å². The third kappa shape index (κ3) is 1.40. The first-order chi connectivity index (χ1) is 6.27. The lowest BCUT2D eigenvalue weighted by molar-refractivity contribution is -0.496. The minimum absolute atomic E-state index is 0.00991. The molecule has 0 saturated heterocycles. The van der Waals surface area contributed by atoms with Crippen molar-refractivity contribution in [1.29, 1.82) is 0 Å². The van der Waals surface area contributed by atoms with E-state index in [0.29, 0.717) is 0 Å². The van der Waals surface area contributed by atoms with E-state index in [1.807, 2.05) is 24.3 Å². The number of hydrogen-bond acceptors (Lipinski definition) is 1. The van der Waals surface area contributed by atoms with Gasteiger partial charge in [-0.2, -0.15) is 0 Å². The molecule has 1 aromatic heterocycles. The summed E-state index contributed by atoms with van der Waals surface area (Å²) in [7, 11) is -0.00991. The Bertz CT molecular complexity index is 452. The molecule has 5 heteroatoms. The summed E-state index contributed by atoms with van der Waals surface area (Å²) in [6.07, 6.45) is 1.67. The molecule has 0 aliphatic carbocycles. The molecule has 0 fully saturated rings. The molecular formula is C8H8BN2O2+. The number of H-pyrrole nitrogens is 1. The van der Waals surface area contributed by atoms with Gasteiger partial charge < -0.3 is 5.11 Å². The number of nitrogens with zero attached hydrogens (tertiary/aromatic N) is 1. The highest BCUT2D eigenvalue weighted by atomic mass is 16.4. The van der Waals surface area contributed by atoms with Crippen molar-refractivity contribution in [3.8, 4) is 0 Å². The number of carbonyl (C=O) groups is 1. The Morgan fingerprint density at radius 2 is 2.23 bits per heavy atom. The molecule has 2 N–H and O–H groups in total. The number of fused-ring (bicyclic) bond motifs is 1. The van der Waals surface area contributed by atoms with Crippen LogP contribution in [0.1, 0.15) is 0 Å². The number of aromatic nitrogens is 2. The van der Waals surface area contributed by atoms with Gasteiger partial charge in [0.25, 0.3) is 0 Å². The van der Waals surface area contributed by atoms with Crippen molar-refractivity contribution in [2.24, 2.45) is 0 Å². The molecule has 0 radical (unpaired) electrons. The first kappa shape index (κ1) is 7.85. The summed E-state index contributed by atoms with van der Waals surface area (Å²) in [5.74, 6) is -0.838. The number of nitrogens with one attached hydrogen (secondary N) is 1. The van der Waals surface area contributed by atoms with E-state index in [0.717, 1.165) is 11.0 Å². The van der Waals surface area contributed by atoms with E-state index in [9.17, 15) is 4.79 Å². The molecule has 0 aliphatic rings. The van der Waals surface area contributed by atoms with Crippen molar-refractivity contribution in [2.75, 3.05) is 0 Å². The van der Waals surface area contributed by atoms with Gasteiger partial charge in [0.15, 0.2) is 11.0 Å². The highest BCUT2D eigenvalue weighted by Gasteiger charge is 2.14. The van der Waals surface area contributed by atoms with Crippen LogP contribution in [0, 0.1) is 0 Å². The van der Waals surface area contributed by atoms with Crippen molar-refractivity contribution in [3.63, 3.8) is 0 Å². The molecule has 64 valence electrons. The number of benzene rings is 1. The van der Waals surface area contributed by atoms with Crippen LogP contribution in [0.5, 0.6) is 0 Å². The standard InChI is InChI=1S/C8H7BN2O2/c12-8(13)9-11-5-10-6-3-1-2-4-7(6)11/h1-5,9H,(H,12,13)/p+1. The fraction of sp³-hybridized carbons (Fsp3) is 0. The number of hydrogen-bond donors (Lipinski definition) is 2. The summed E-state index contributed by atoms with van der Waals surface area (Å²) in [5.41, 5.74) is 1.86. The third-order valence-electron chi connectivity index (χ3n) is 1.89. The molecule has 0 unspecified atom stereocenters.